The maximum Gasteiger partial charge on any atom is 0.330 e. The highest BCUT2D eigenvalue weighted by Crippen LogP contribution is 2.16. The van der Waals surface area contributed by atoms with Crippen molar-refractivity contribution in [2.24, 2.45) is 0 Å². The van der Waals surface area contributed by atoms with Crippen molar-refractivity contribution >= 4 is 11.9 Å². The van der Waals surface area contributed by atoms with Crippen molar-refractivity contribution in [1.82, 2.24) is 5.32 Å². The number of hydrogen-bond acceptors (Lipinski definition) is 3. The third kappa shape index (κ3) is 3.60. The normalized spacial score (nSPS) is 11.5. The molecule has 1 atom stereocenters. The van der Waals surface area contributed by atoms with Crippen LogP contribution < -0.4 is 10.1 Å². The standard InChI is InChI=1S/C16H15NO4/c1-21-13-9-5-8-12(10-13)15(18)17-14(16(19)20)11-6-3-2-4-7-11/h2-10,14H,1H3,(H,17,18)(H,19,20)/t14-/m0/s1. The summed E-state index contributed by atoms with van der Waals surface area (Å²) in [5.41, 5.74) is 0.859. The SMILES string of the molecule is COc1cccc(C(=O)N[C@H](C(=O)O)c2ccccc2)c1. The summed E-state index contributed by atoms with van der Waals surface area (Å²) in [5.74, 6) is -1.04. The summed E-state index contributed by atoms with van der Waals surface area (Å²) in [4.78, 5) is 23.5. The fourth-order valence-corrected chi connectivity index (χ4v) is 1.91. The first-order chi connectivity index (χ1) is 10.1. The average Bonchev–Trinajstić information content (AvgIpc) is 2.53. The highest BCUT2D eigenvalue weighted by molar-refractivity contribution is 5.97. The van der Waals surface area contributed by atoms with Gasteiger partial charge in [0, 0.05) is 5.56 Å². The van der Waals surface area contributed by atoms with Crippen molar-refractivity contribution in [3.8, 4) is 5.75 Å². The zero-order valence-electron chi connectivity index (χ0n) is 11.4. The molecule has 5 heteroatoms. The summed E-state index contributed by atoms with van der Waals surface area (Å²) in [6.45, 7) is 0. The third-order valence-electron chi connectivity index (χ3n) is 2.99. The van der Waals surface area contributed by atoms with Crippen molar-refractivity contribution in [2.75, 3.05) is 7.11 Å². The number of carboxylic acids is 1. The van der Waals surface area contributed by atoms with Crippen molar-refractivity contribution in [3.05, 3.63) is 65.7 Å². The molecule has 2 rings (SSSR count). The molecule has 0 bridgehead atoms. The van der Waals surface area contributed by atoms with Crippen molar-refractivity contribution in [1.29, 1.82) is 0 Å². The maximum atomic E-state index is 12.2. The zero-order chi connectivity index (χ0) is 15.2. The van der Waals surface area contributed by atoms with Gasteiger partial charge in [0.05, 0.1) is 7.11 Å². The number of amides is 1. The van der Waals surface area contributed by atoms with E-state index in [0.717, 1.165) is 0 Å². The van der Waals surface area contributed by atoms with Crippen LogP contribution in [0, 0.1) is 0 Å². The van der Waals surface area contributed by atoms with Gasteiger partial charge >= 0.3 is 5.97 Å². The fraction of sp³-hybridized carbons (Fsp3) is 0.125. The largest absolute Gasteiger partial charge is 0.497 e. The molecule has 0 fully saturated rings. The summed E-state index contributed by atoms with van der Waals surface area (Å²) >= 11 is 0. The van der Waals surface area contributed by atoms with Gasteiger partial charge in [-0.3, -0.25) is 4.79 Å². The molecule has 0 heterocycles. The predicted molar refractivity (Wildman–Crippen MR) is 77.3 cm³/mol. The number of nitrogens with one attached hydrogen (secondary N) is 1. The molecule has 21 heavy (non-hydrogen) atoms. The molecule has 0 aliphatic carbocycles. The smallest absolute Gasteiger partial charge is 0.330 e. The van der Waals surface area contributed by atoms with E-state index in [9.17, 15) is 14.7 Å². The van der Waals surface area contributed by atoms with Gasteiger partial charge in [0.15, 0.2) is 6.04 Å². The van der Waals surface area contributed by atoms with E-state index in [1.807, 2.05) is 0 Å². The molecule has 0 saturated carbocycles. The van der Waals surface area contributed by atoms with Gasteiger partial charge in [-0.05, 0) is 23.8 Å². The number of benzene rings is 2. The molecule has 5 nitrogen and oxygen atoms in total. The van der Waals surface area contributed by atoms with E-state index in [4.69, 9.17) is 4.74 Å². The van der Waals surface area contributed by atoms with Gasteiger partial charge in [0.1, 0.15) is 5.75 Å². The molecular formula is C16H15NO4. The number of hydrogen-bond donors (Lipinski definition) is 2. The lowest BCUT2D eigenvalue weighted by atomic mass is 10.1. The number of rotatable bonds is 5. The number of carbonyl (C=O) groups excluding carboxylic acids is 1. The van der Waals surface area contributed by atoms with E-state index < -0.39 is 17.9 Å². The lowest BCUT2D eigenvalue weighted by Crippen LogP contribution is -2.33. The third-order valence-corrected chi connectivity index (χ3v) is 2.99. The second kappa shape index (κ2) is 6.56. The summed E-state index contributed by atoms with van der Waals surface area (Å²) < 4.78 is 5.05. The van der Waals surface area contributed by atoms with Crippen molar-refractivity contribution in [2.45, 2.75) is 6.04 Å². The van der Waals surface area contributed by atoms with E-state index in [1.165, 1.54) is 7.11 Å². The van der Waals surface area contributed by atoms with Crippen LogP contribution in [0.5, 0.6) is 5.75 Å². The minimum atomic E-state index is -1.11. The first kappa shape index (κ1) is 14.6. The quantitative estimate of drug-likeness (QED) is 0.883. The molecule has 1 amide bonds. The zero-order valence-corrected chi connectivity index (χ0v) is 11.4. The minimum Gasteiger partial charge on any atom is -0.497 e. The molecule has 0 unspecified atom stereocenters. The Hall–Kier alpha value is -2.82. The topological polar surface area (TPSA) is 75.6 Å². The molecule has 108 valence electrons. The van der Waals surface area contributed by atoms with Gasteiger partial charge in [-0.15, -0.1) is 0 Å². The molecule has 2 aromatic carbocycles. The van der Waals surface area contributed by atoms with Crippen LogP contribution in [-0.4, -0.2) is 24.1 Å². The number of methoxy groups -OCH3 is 1. The average molecular weight is 285 g/mol. The van der Waals surface area contributed by atoms with Crippen LogP contribution in [0.1, 0.15) is 22.0 Å². The van der Waals surface area contributed by atoms with Gasteiger partial charge in [0.25, 0.3) is 5.91 Å². The van der Waals surface area contributed by atoms with Crippen LogP contribution in [0.3, 0.4) is 0 Å². The van der Waals surface area contributed by atoms with Gasteiger partial charge in [-0.2, -0.15) is 0 Å². The Morgan fingerprint density at radius 1 is 1.10 bits per heavy atom. The Balaban J connectivity index is 2.21. The first-order valence-corrected chi connectivity index (χ1v) is 6.34. The van der Waals surface area contributed by atoms with Crippen LogP contribution in [0.25, 0.3) is 0 Å². The predicted octanol–water partition coefficient (Wildman–Crippen LogP) is 2.25. The highest BCUT2D eigenvalue weighted by Gasteiger charge is 2.22. The van der Waals surface area contributed by atoms with Crippen molar-refractivity contribution < 1.29 is 19.4 Å². The monoisotopic (exact) mass is 285 g/mol. The number of ether oxygens (including phenoxy) is 1. The number of carbonyl (C=O) groups is 2. The van der Waals surface area contributed by atoms with Gasteiger partial charge in [-0.1, -0.05) is 36.4 Å². The Morgan fingerprint density at radius 2 is 1.81 bits per heavy atom. The highest BCUT2D eigenvalue weighted by atomic mass is 16.5. The summed E-state index contributed by atoms with van der Waals surface area (Å²) in [5, 5.41) is 11.8. The van der Waals surface area contributed by atoms with Crippen LogP contribution in [-0.2, 0) is 4.79 Å². The summed E-state index contributed by atoms with van der Waals surface area (Å²) in [6, 6.07) is 14.0. The minimum absolute atomic E-state index is 0.344. The molecule has 0 spiro atoms. The summed E-state index contributed by atoms with van der Waals surface area (Å²) in [6.07, 6.45) is 0. The van der Waals surface area contributed by atoms with Crippen LogP contribution in [0.15, 0.2) is 54.6 Å². The Morgan fingerprint density at radius 3 is 2.43 bits per heavy atom. The second-order valence-corrected chi connectivity index (χ2v) is 4.39. The first-order valence-electron chi connectivity index (χ1n) is 6.34. The molecule has 0 aliphatic rings. The van der Waals surface area contributed by atoms with Gasteiger partial charge < -0.3 is 15.2 Å². The molecule has 0 aliphatic heterocycles. The van der Waals surface area contributed by atoms with Crippen LogP contribution in [0.2, 0.25) is 0 Å². The molecular weight excluding hydrogens is 270 g/mol. The fourth-order valence-electron chi connectivity index (χ4n) is 1.91. The maximum absolute atomic E-state index is 12.2. The van der Waals surface area contributed by atoms with Crippen LogP contribution >= 0.6 is 0 Å². The second-order valence-electron chi connectivity index (χ2n) is 4.39. The molecule has 2 N–H and O–H groups in total. The van der Waals surface area contributed by atoms with E-state index in [2.05, 4.69) is 5.32 Å². The van der Waals surface area contributed by atoms with Crippen molar-refractivity contribution in [3.63, 3.8) is 0 Å². The Labute approximate surface area is 122 Å². The number of carboxylic acid groups (broad SMARTS) is 1. The van der Waals surface area contributed by atoms with E-state index in [0.29, 0.717) is 16.9 Å². The van der Waals surface area contributed by atoms with Gasteiger partial charge in [-0.25, -0.2) is 4.79 Å². The van der Waals surface area contributed by atoms with Gasteiger partial charge in [0.2, 0.25) is 0 Å². The van der Waals surface area contributed by atoms with Crippen LogP contribution in [0.4, 0.5) is 0 Å². The Kier molecular flexibility index (Phi) is 4.56. The van der Waals surface area contributed by atoms with E-state index in [-0.39, 0.29) is 0 Å². The number of aliphatic carboxylic acids is 1. The van der Waals surface area contributed by atoms with E-state index in [1.54, 1.807) is 54.6 Å². The molecule has 0 aromatic heterocycles. The molecule has 2 aromatic rings. The Bertz CT molecular complexity index is 640. The van der Waals surface area contributed by atoms with E-state index >= 15 is 0 Å². The molecule has 0 saturated heterocycles. The molecule has 0 radical (unpaired) electrons. The lowest BCUT2D eigenvalue weighted by Gasteiger charge is -2.15. The summed E-state index contributed by atoms with van der Waals surface area (Å²) in [7, 11) is 1.50. The lowest BCUT2D eigenvalue weighted by molar-refractivity contribution is -0.139.